The zero-order valence-electron chi connectivity index (χ0n) is 12.4. The van der Waals surface area contributed by atoms with E-state index in [1.54, 1.807) is 6.07 Å². The molecule has 0 aromatic carbocycles. The lowest BCUT2D eigenvalue weighted by Gasteiger charge is -2.19. The maximum Gasteiger partial charge on any atom is 0.407 e. The van der Waals surface area contributed by atoms with Crippen LogP contribution in [0.3, 0.4) is 0 Å². The maximum absolute atomic E-state index is 11.4. The molecule has 0 bridgehead atoms. The van der Waals surface area contributed by atoms with Crippen molar-refractivity contribution in [2.45, 2.75) is 32.8 Å². The quantitative estimate of drug-likeness (QED) is 0.645. The Morgan fingerprint density at radius 2 is 2.14 bits per heavy atom. The summed E-state index contributed by atoms with van der Waals surface area (Å²) in [5, 5.41) is 14.8. The average Bonchev–Trinajstić information content (AvgIpc) is 2.35. The van der Waals surface area contributed by atoms with E-state index in [9.17, 15) is 4.79 Å². The Kier molecular flexibility index (Phi) is 6.25. The number of nitriles is 1. The molecule has 21 heavy (non-hydrogen) atoms. The summed E-state index contributed by atoms with van der Waals surface area (Å²) in [6.45, 7) is 6.50. The van der Waals surface area contributed by atoms with Crippen LogP contribution >= 0.6 is 11.6 Å². The number of halogens is 1. The molecule has 0 unspecified atom stereocenters. The summed E-state index contributed by atoms with van der Waals surface area (Å²) in [4.78, 5) is 15.5. The van der Waals surface area contributed by atoms with E-state index in [0.717, 1.165) is 0 Å². The normalized spacial score (nSPS) is 10.6. The summed E-state index contributed by atoms with van der Waals surface area (Å²) >= 11 is 5.80. The molecule has 0 atom stereocenters. The van der Waals surface area contributed by atoms with Crippen molar-refractivity contribution in [2.75, 3.05) is 18.4 Å². The minimum absolute atomic E-state index is 0.267. The number of carbonyl (C=O) groups is 1. The number of amides is 1. The van der Waals surface area contributed by atoms with E-state index in [1.165, 1.54) is 6.07 Å². The van der Waals surface area contributed by atoms with Gasteiger partial charge in [-0.3, -0.25) is 0 Å². The number of anilines is 1. The second-order valence-corrected chi connectivity index (χ2v) is 5.77. The summed E-state index contributed by atoms with van der Waals surface area (Å²) in [5.41, 5.74) is -0.0508. The molecule has 1 aromatic heterocycles. The monoisotopic (exact) mass is 310 g/mol. The molecule has 1 heterocycles. The van der Waals surface area contributed by atoms with E-state index in [4.69, 9.17) is 21.6 Å². The number of ether oxygens (including phenoxy) is 1. The van der Waals surface area contributed by atoms with Gasteiger partial charge < -0.3 is 15.4 Å². The molecule has 2 N–H and O–H groups in total. The SMILES string of the molecule is CC(C)(C)OC(=O)NCCCNc1cc(C#N)cc(Cl)n1. The molecule has 1 aromatic rings. The minimum atomic E-state index is -0.499. The van der Waals surface area contributed by atoms with Crippen molar-refractivity contribution >= 4 is 23.5 Å². The number of aromatic nitrogens is 1. The van der Waals surface area contributed by atoms with Crippen LogP contribution in [-0.4, -0.2) is 29.8 Å². The maximum atomic E-state index is 11.4. The summed E-state index contributed by atoms with van der Waals surface area (Å²) in [5.74, 6) is 0.538. The second kappa shape index (κ2) is 7.70. The Labute approximate surface area is 129 Å². The average molecular weight is 311 g/mol. The van der Waals surface area contributed by atoms with Crippen molar-refractivity contribution in [1.29, 1.82) is 5.26 Å². The molecule has 1 rings (SSSR count). The first kappa shape index (κ1) is 17.1. The van der Waals surface area contributed by atoms with Crippen LogP contribution in [0.15, 0.2) is 12.1 Å². The number of nitrogens with one attached hydrogen (secondary N) is 2. The third-order valence-electron chi connectivity index (χ3n) is 2.25. The third-order valence-corrected chi connectivity index (χ3v) is 2.44. The predicted octanol–water partition coefficient (Wildman–Crippen LogP) is 2.93. The molecule has 0 aliphatic carbocycles. The van der Waals surface area contributed by atoms with Gasteiger partial charge in [0.25, 0.3) is 0 Å². The van der Waals surface area contributed by atoms with Crippen molar-refractivity contribution in [3.8, 4) is 6.07 Å². The van der Waals surface area contributed by atoms with Gasteiger partial charge in [-0.15, -0.1) is 0 Å². The van der Waals surface area contributed by atoms with E-state index < -0.39 is 11.7 Å². The second-order valence-electron chi connectivity index (χ2n) is 5.38. The van der Waals surface area contributed by atoms with Gasteiger partial charge in [0.2, 0.25) is 0 Å². The summed E-state index contributed by atoms with van der Waals surface area (Å²) in [7, 11) is 0. The van der Waals surface area contributed by atoms with Crippen molar-refractivity contribution in [2.24, 2.45) is 0 Å². The first-order chi connectivity index (χ1) is 9.80. The molecular weight excluding hydrogens is 292 g/mol. The van der Waals surface area contributed by atoms with Crippen molar-refractivity contribution in [1.82, 2.24) is 10.3 Å². The van der Waals surface area contributed by atoms with E-state index in [0.29, 0.717) is 30.9 Å². The van der Waals surface area contributed by atoms with Crippen LogP contribution in [0.25, 0.3) is 0 Å². The highest BCUT2D eigenvalue weighted by atomic mass is 35.5. The Balaban J connectivity index is 2.28. The van der Waals surface area contributed by atoms with Crippen LogP contribution in [0.4, 0.5) is 10.6 Å². The van der Waals surface area contributed by atoms with Crippen LogP contribution in [0, 0.1) is 11.3 Å². The van der Waals surface area contributed by atoms with Crippen LogP contribution in [-0.2, 0) is 4.74 Å². The first-order valence-corrected chi connectivity index (χ1v) is 6.96. The van der Waals surface area contributed by atoms with Crippen LogP contribution in [0.1, 0.15) is 32.8 Å². The summed E-state index contributed by atoms with van der Waals surface area (Å²) < 4.78 is 5.11. The smallest absolute Gasteiger partial charge is 0.407 e. The summed E-state index contributed by atoms with van der Waals surface area (Å²) in [6.07, 6.45) is 0.255. The lowest BCUT2D eigenvalue weighted by Crippen LogP contribution is -2.33. The third kappa shape index (κ3) is 7.37. The highest BCUT2D eigenvalue weighted by molar-refractivity contribution is 6.29. The molecule has 0 spiro atoms. The molecule has 0 radical (unpaired) electrons. The molecule has 0 fully saturated rings. The topological polar surface area (TPSA) is 87.0 Å². The van der Waals surface area contributed by atoms with E-state index in [-0.39, 0.29) is 5.15 Å². The Bertz CT molecular complexity index is 535. The standard InChI is InChI=1S/C14H19ClN4O2/c1-14(2,3)21-13(20)18-6-4-5-17-12-8-10(9-16)7-11(15)19-12/h7-8H,4-6H2,1-3H3,(H,17,19)(H,18,20). The van der Waals surface area contributed by atoms with Crippen molar-refractivity contribution in [3.63, 3.8) is 0 Å². The van der Waals surface area contributed by atoms with Gasteiger partial charge in [0, 0.05) is 13.1 Å². The van der Waals surface area contributed by atoms with Crippen LogP contribution in [0.2, 0.25) is 5.15 Å². The molecule has 0 aliphatic rings. The Morgan fingerprint density at radius 1 is 1.43 bits per heavy atom. The molecule has 1 amide bonds. The largest absolute Gasteiger partial charge is 0.444 e. The van der Waals surface area contributed by atoms with Crippen LogP contribution in [0.5, 0.6) is 0 Å². The zero-order chi connectivity index (χ0) is 15.9. The number of hydrogen-bond acceptors (Lipinski definition) is 5. The Hall–Kier alpha value is -2.00. The fourth-order valence-electron chi connectivity index (χ4n) is 1.46. The molecular formula is C14H19ClN4O2. The lowest BCUT2D eigenvalue weighted by atomic mass is 10.2. The Morgan fingerprint density at radius 3 is 2.76 bits per heavy atom. The molecule has 0 saturated heterocycles. The molecule has 6 nitrogen and oxygen atoms in total. The zero-order valence-corrected chi connectivity index (χ0v) is 13.1. The minimum Gasteiger partial charge on any atom is -0.444 e. The molecule has 0 saturated carbocycles. The molecule has 0 aliphatic heterocycles. The number of hydrogen-bond donors (Lipinski definition) is 2. The van der Waals surface area contributed by atoms with E-state index in [1.807, 2.05) is 26.8 Å². The fourth-order valence-corrected chi connectivity index (χ4v) is 1.67. The van der Waals surface area contributed by atoms with Gasteiger partial charge in [0.15, 0.2) is 0 Å². The number of pyridine rings is 1. The van der Waals surface area contributed by atoms with Gasteiger partial charge in [0.1, 0.15) is 16.6 Å². The lowest BCUT2D eigenvalue weighted by molar-refractivity contribution is 0.0528. The van der Waals surface area contributed by atoms with Gasteiger partial charge in [-0.2, -0.15) is 5.26 Å². The van der Waals surface area contributed by atoms with Gasteiger partial charge >= 0.3 is 6.09 Å². The van der Waals surface area contributed by atoms with Crippen LogP contribution < -0.4 is 10.6 Å². The first-order valence-electron chi connectivity index (χ1n) is 6.58. The van der Waals surface area contributed by atoms with Gasteiger partial charge in [0.05, 0.1) is 11.6 Å². The van der Waals surface area contributed by atoms with Gasteiger partial charge in [-0.05, 0) is 39.3 Å². The molecule has 7 heteroatoms. The number of rotatable bonds is 5. The number of alkyl carbamates (subject to hydrolysis) is 1. The fraction of sp³-hybridized carbons (Fsp3) is 0.500. The van der Waals surface area contributed by atoms with Crippen molar-refractivity contribution in [3.05, 3.63) is 22.8 Å². The highest BCUT2D eigenvalue weighted by Gasteiger charge is 2.15. The van der Waals surface area contributed by atoms with Gasteiger partial charge in [-0.25, -0.2) is 9.78 Å². The van der Waals surface area contributed by atoms with E-state index >= 15 is 0 Å². The number of carbonyl (C=O) groups excluding carboxylic acids is 1. The highest BCUT2D eigenvalue weighted by Crippen LogP contribution is 2.13. The number of nitrogens with zero attached hydrogens (tertiary/aromatic N) is 2. The predicted molar refractivity (Wildman–Crippen MR) is 81.3 cm³/mol. The molecule has 114 valence electrons. The summed E-state index contributed by atoms with van der Waals surface area (Å²) in [6, 6.07) is 5.12. The van der Waals surface area contributed by atoms with Crippen molar-refractivity contribution < 1.29 is 9.53 Å². The van der Waals surface area contributed by atoms with Gasteiger partial charge in [-0.1, -0.05) is 11.6 Å². The van der Waals surface area contributed by atoms with E-state index in [2.05, 4.69) is 15.6 Å².